The van der Waals surface area contributed by atoms with E-state index in [0.717, 1.165) is 22.3 Å². The van der Waals surface area contributed by atoms with E-state index in [-0.39, 0.29) is 31.4 Å². The van der Waals surface area contributed by atoms with Gasteiger partial charge in [-0.3, -0.25) is 4.79 Å². The van der Waals surface area contributed by atoms with Crippen LogP contribution in [0.1, 0.15) is 43.7 Å². The first-order valence-electron chi connectivity index (χ1n) is 11.4. The number of carbonyl (C=O) groups is 3. The summed E-state index contributed by atoms with van der Waals surface area (Å²) < 4.78 is 10.8. The van der Waals surface area contributed by atoms with Crippen molar-refractivity contribution in [1.82, 2.24) is 10.6 Å². The summed E-state index contributed by atoms with van der Waals surface area (Å²) in [6.45, 7) is 4.02. The number of hydrogen-bond donors (Lipinski definition) is 3. The molecule has 2 amide bonds. The van der Waals surface area contributed by atoms with Gasteiger partial charge in [0.15, 0.2) is 0 Å². The standard InChI is InChI=1S/C26H32N2O6/c1-16(2)12-23(25(30)31)28-24(29)13-17(33-3)14-27-26(32)34-15-22-20-10-6-4-8-18(20)19-9-5-7-11-21(19)22/h4-11,16-17,22-23H,12-15H2,1-3H3,(H,27,32)(H,28,29)(H,30,31)/t17?,23-/m0/s1. The molecular formula is C26H32N2O6. The molecule has 0 saturated carbocycles. The average molecular weight is 469 g/mol. The molecule has 0 heterocycles. The second kappa shape index (κ2) is 11.7. The fourth-order valence-corrected chi connectivity index (χ4v) is 4.24. The molecule has 8 heteroatoms. The quantitative estimate of drug-likeness (QED) is 0.465. The zero-order valence-corrected chi connectivity index (χ0v) is 19.7. The Bertz CT molecular complexity index is 976. The molecule has 1 aliphatic rings. The van der Waals surface area contributed by atoms with Crippen molar-refractivity contribution in [1.29, 1.82) is 0 Å². The Morgan fingerprint density at radius 2 is 1.59 bits per heavy atom. The molecule has 0 radical (unpaired) electrons. The first-order chi connectivity index (χ1) is 16.3. The summed E-state index contributed by atoms with van der Waals surface area (Å²) in [5.41, 5.74) is 4.54. The molecular weight excluding hydrogens is 436 g/mol. The van der Waals surface area contributed by atoms with Gasteiger partial charge in [-0.25, -0.2) is 9.59 Å². The van der Waals surface area contributed by atoms with Gasteiger partial charge >= 0.3 is 12.1 Å². The van der Waals surface area contributed by atoms with E-state index in [1.165, 1.54) is 7.11 Å². The lowest BCUT2D eigenvalue weighted by Gasteiger charge is -2.20. The lowest BCUT2D eigenvalue weighted by molar-refractivity contribution is -0.142. The van der Waals surface area contributed by atoms with Crippen LogP contribution in [0, 0.1) is 5.92 Å². The summed E-state index contributed by atoms with van der Waals surface area (Å²) >= 11 is 0. The van der Waals surface area contributed by atoms with Gasteiger partial charge in [0, 0.05) is 19.6 Å². The molecule has 182 valence electrons. The highest BCUT2D eigenvalue weighted by Gasteiger charge is 2.29. The lowest BCUT2D eigenvalue weighted by Crippen LogP contribution is -2.44. The van der Waals surface area contributed by atoms with Gasteiger partial charge in [0.1, 0.15) is 12.6 Å². The molecule has 3 N–H and O–H groups in total. The molecule has 0 spiro atoms. The van der Waals surface area contributed by atoms with Crippen molar-refractivity contribution in [3.05, 3.63) is 59.7 Å². The zero-order valence-electron chi connectivity index (χ0n) is 19.7. The van der Waals surface area contributed by atoms with E-state index in [1.54, 1.807) is 0 Å². The summed E-state index contributed by atoms with van der Waals surface area (Å²) in [7, 11) is 1.43. The minimum Gasteiger partial charge on any atom is -0.480 e. The van der Waals surface area contributed by atoms with Crippen LogP contribution in [0.25, 0.3) is 11.1 Å². The van der Waals surface area contributed by atoms with Crippen LogP contribution in [0.2, 0.25) is 0 Å². The molecule has 34 heavy (non-hydrogen) atoms. The molecule has 0 aromatic heterocycles. The van der Waals surface area contributed by atoms with Crippen LogP contribution in [0.4, 0.5) is 4.79 Å². The van der Waals surface area contributed by atoms with Crippen molar-refractivity contribution >= 4 is 18.0 Å². The predicted octanol–water partition coefficient (Wildman–Crippen LogP) is 3.55. The van der Waals surface area contributed by atoms with E-state index in [4.69, 9.17) is 9.47 Å². The number of ether oxygens (including phenoxy) is 2. The maximum absolute atomic E-state index is 12.4. The van der Waals surface area contributed by atoms with Gasteiger partial charge in [-0.15, -0.1) is 0 Å². The fourth-order valence-electron chi connectivity index (χ4n) is 4.24. The third-order valence-electron chi connectivity index (χ3n) is 5.90. The predicted molar refractivity (Wildman–Crippen MR) is 128 cm³/mol. The minimum absolute atomic E-state index is 0.0453. The van der Waals surface area contributed by atoms with Gasteiger partial charge in [-0.1, -0.05) is 62.4 Å². The van der Waals surface area contributed by atoms with Crippen molar-refractivity contribution in [2.75, 3.05) is 20.3 Å². The summed E-state index contributed by atoms with van der Waals surface area (Å²) in [6.07, 6.45) is -0.972. The largest absolute Gasteiger partial charge is 0.480 e. The summed E-state index contributed by atoms with van der Waals surface area (Å²) in [5.74, 6) is -1.45. The number of aliphatic carboxylic acids is 1. The highest BCUT2D eigenvalue weighted by atomic mass is 16.5. The van der Waals surface area contributed by atoms with Crippen LogP contribution in [0.3, 0.4) is 0 Å². The SMILES string of the molecule is COC(CNC(=O)OCC1c2ccccc2-c2ccccc21)CC(=O)N[C@@H](CC(C)C)C(=O)O. The van der Waals surface area contributed by atoms with Gasteiger partial charge in [0.2, 0.25) is 5.91 Å². The Morgan fingerprint density at radius 3 is 2.12 bits per heavy atom. The van der Waals surface area contributed by atoms with Crippen molar-refractivity contribution in [3.8, 4) is 11.1 Å². The van der Waals surface area contributed by atoms with Crippen molar-refractivity contribution < 1.29 is 29.0 Å². The maximum atomic E-state index is 12.4. The van der Waals surface area contributed by atoms with Crippen LogP contribution in [0.15, 0.2) is 48.5 Å². The number of rotatable bonds is 11. The van der Waals surface area contributed by atoms with Gasteiger partial charge in [0.05, 0.1) is 12.5 Å². The monoisotopic (exact) mass is 468 g/mol. The number of alkyl carbamates (subject to hydrolysis) is 1. The van der Waals surface area contributed by atoms with Gasteiger partial charge < -0.3 is 25.2 Å². The number of carbonyl (C=O) groups excluding carboxylic acids is 2. The molecule has 0 aliphatic heterocycles. The number of carboxylic acids is 1. The highest BCUT2D eigenvalue weighted by Crippen LogP contribution is 2.44. The molecule has 8 nitrogen and oxygen atoms in total. The van der Waals surface area contributed by atoms with Gasteiger partial charge in [-0.2, -0.15) is 0 Å². The van der Waals surface area contributed by atoms with Crippen molar-refractivity contribution in [3.63, 3.8) is 0 Å². The number of benzene rings is 2. The van der Waals surface area contributed by atoms with E-state index in [9.17, 15) is 19.5 Å². The van der Waals surface area contributed by atoms with Crippen LogP contribution in [-0.4, -0.2) is 55.5 Å². The van der Waals surface area contributed by atoms with Crippen molar-refractivity contribution in [2.45, 2.75) is 44.8 Å². The zero-order chi connectivity index (χ0) is 24.7. The molecule has 0 saturated heterocycles. The van der Waals surface area contributed by atoms with Crippen molar-refractivity contribution in [2.24, 2.45) is 5.92 Å². The molecule has 1 aliphatic carbocycles. The maximum Gasteiger partial charge on any atom is 0.407 e. The van der Waals surface area contributed by atoms with E-state index in [1.807, 2.05) is 50.2 Å². The third-order valence-corrected chi connectivity index (χ3v) is 5.90. The summed E-state index contributed by atoms with van der Waals surface area (Å²) in [4.78, 5) is 36.0. The van der Waals surface area contributed by atoms with Crippen LogP contribution in [-0.2, 0) is 19.1 Å². The van der Waals surface area contributed by atoms with E-state index in [0.29, 0.717) is 6.42 Å². The second-order valence-corrected chi connectivity index (χ2v) is 8.86. The first kappa shape index (κ1) is 25.2. The molecule has 3 rings (SSSR count). The van der Waals surface area contributed by atoms with E-state index >= 15 is 0 Å². The number of fused-ring (bicyclic) bond motifs is 3. The Kier molecular flexibility index (Phi) is 8.65. The summed E-state index contributed by atoms with van der Waals surface area (Å²) in [6, 6.07) is 15.2. The highest BCUT2D eigenvalue weighted by molar-refractivity contribution is 5.84. The number of methoxy groups -OCH3 is 1. The third kappa shape index (κ3) is 6.35. The van der Waals surface area contributed by atoms with Gasteiger partial charge in [0.25, 0.3) is 0 Å². The summed E-state index contributed by atoms with van der Waals surface area (Å²) in [5, 5.41) is 14.4. The number of amides is 2. The second-order valence-electron chi connectivity index (χ2n) is 8.86. The molecule has 0 bridgehead atoms. The molecule has 2 atom stereocenters. The number of nitrogens with one attached hydrogen (secondary N) is 2. The van der Waals surface area contributed by atoms with Gasteiger partial charge in [-0.05, 0) is 34.6 Å². The van der Waals surface area contributed by atoms with Crippen LogP contribution in [0.5, 0.6) is 0 Å². The Morgan fingerprint density at radius 1 is 1.00 bits per heavy atom. The number of carboxylic acid groups (broad SMARTS) is 1. The number of hydrogen-bond acceptors (Lipinski definition) is 5. The Hall–Kier alpha value is -3.39. The smallest absolute Gasteiger partial charge is 0.407 e. The fraction of sp³-hybridized carbons (Fsp3) is 0.423. The van der Waals surface area contributed by atoms with Crippen LogP contribution >= 0.6 is 0 Å². The Balaban J connectivity index is 1.50. The molecule has 1 unspecified atom stereocenters. The minimum atomic E-state index is -1.08. The molecule has 2 aromatic rings. The topological polar surface area (TPSA) is 114 Å². The molecule has 2 aromatic carbocycles. The van der Waals surface area contributed by atoms with Crippen LogP contribution < -0.4 is 10.6 Å². The van der Waals surface area contributed by atoms with E-state index < -0.39 is 30.1 Å². The normalized spacial score (nSPS) is 14.1. The average Bonchev–Trinajstić information content (AvgIpc) is 3.13. The molecule has 0 fully saturated rings. The Labute approximate surface area is 199 Å². The first-order valence-corrected chi connectivity index (χ1v) is 11.4. The lowest BCUT2D eigenvalue weighted by atomic mass is 9.98. The van der Waals surface area contributed by atoms with E-state index in [2.05, 4.69) is 22.8 Å².